The molecule has 7 heteroatoms. The fourth-order valence-corrected chi connectivity index (χ4v) is 3.78. The van der Waals surface area contributed by atoms with Gasteiger partial charge in [-0.25, -0.2) is 0 Å². The number of nitrogens with one attached hydrogen (secondary N) is 1. The summed E-state index contributed by atoms with van der Waals surface area (Å²) in [6.45, 7) is 5.78. The van der Waals surface area contributed by atoms with E-state index in [4.69, 9.17) is 25.5 Å². The van der Waals surface area contributed by atoms with Crippen molar-refractivity contribution in [3.8, 4) is 22.8 Å². The van der Waals surface area contributed by atoms with Gasteiger partial charge in [0, 0.05) is 5.56 Å². The van der Waals surface area contributed by atoms with E-state index in [0.717, 1.165) is 11.1 Å². The van der Waals surface area contributed by atoms with Crippen LogP contribution in [0.4, 0.5) is 5.69 Å². The number of fused-ring (bicyclic) bond motifs is 1. The van der Waals surface area contributed by atoms with Crippen LogP contribution in [0.3, 0.4) is 0 Å². The van der Waals surface area contributed by atoms with E-state index >= 15 is 0 Å². The zero-order chi connectivity index (χ0) is 24.2. The van der Waals surface area contributed by atoms with Gasteiger partial charge in [0.15, 0.2) is 12.4 Å². The Bertz CT molecular complexity index is 1430. The first kappa shape index (κ1) is 23.4. The summed E-state index contributed by atoms with van der Waals surface area (Å²) in [6.07, 6.45) is 0. The van der Waals surface area contributed by atoms with Gasteiger partial charge in [0.25, 0.3) is 5.91 Å². The van der Waals surface area contributed by atoms with Gasteiger partial charge < -0.3 is 19.2 Å². The summed E-state index contributed by atoms with van der Waals surface area (Å²) in [5.41, 5.74) is 3.00. The van der Waals surface area contributed by atoms with Crippen LogP contribution in [0, 0.1) is 13.8 Å². The Kier molecular flexibility index (Phi) is 6.89. The molecule has 0 saturated heterocycles. The van der Waals surface area contributed by atoms with E-state index in [1.54, 1.807) is 48.5 Å². The summed E-state index contributed by atoms with van der Waals surface area (Å²) in [6, 6.07) is 17.7. The lowest BCUT2D eigenvalue weighted by atomic mass is 10.0. The van der Waals surface area contributed by atoms with Gasteiger partial charge in [-0.15, -0.1) is 0 Å². The van der Waals surface area contributed by atoms with E-state index in [1.807, 2.05) is 32.9 Å². The monoisotopic (exact) mass is 477 g/mol. The lowest BCUT2D eigenvalue weighted by Crippen LogP contribution is -2.23. The zero-order valence-corrected chi connectivity index (χ0v) is 19.9. The summed E-state index contributed by atoms with van der Waals surface area (Å²) >= 11 is 6.40. The summed E-state index contributed by atoms with van der Waals surface area (Å²) in [4.78, 5) is 26.1. The summed E-state index contributed by atoms with van der Waals surface area (Å²) in [7, 11) is 0. The Morgan fingerprint density at radius 3 is 2.47 bits per heavy atom. The number of carbonyl (C=O) groups excluding carboxylic acids is 1. The highest BCUT2D eigenvalue weighted by molar-refractivity contribution is 6.33. The molecule has 1 aromatic heterocycles. The van der Waals surface area contributed by atoms with Crippen molar-refractivity contribution in [3.63, 3.8) is 0 Å². The molecule has 0 bridgehead atoms. The summed E-state index contributed by atoms with van der Waals surface area (Å²) in [5.74, 6) is 0.203. The van der Waals surface area contributed by atoms with E-state index in [2.05, 4.69) is 5.32 Å². The van der Waals surface area contributed by atoms with Crippen molar-refractivity contribution < 1.29 is 18.7 Å². The molecule has 3 aromatic carbocycles. The number of benzene rings is 3. The lowest BCUT2D eigenvalue weighted by Gasteiger charge is -2.14. The molecule has 0 saturated carbocycles. The van der Waals surface area contributed by atoms with Crippen LogP contribution >= 0.6 is 11.6 Å². The topological polar surface area (TPSA) is 77.8 Å². The molecule has 174 valence electrons. The minimum absolute atomic E-state index is 0.0721. The van der Waals surface area contributed by atoms with Crippen LogP contribution in [0.25, 0.3) is 22.3 Å². The third kappa shape index (κ3) is 4.77. The SMILES string of the molecule is CCOc1ccccc1NC(=O)COc1c(-c2ccccc2Cl)oc2cc(C)c(C)cc2c1=O. The lowest BCUT2D eigenvalue weighted by molar-refractivity contribution is -0.118. The number of aryl methyl sites for hydroxylation is 2. The van der Waals surface area contributed by atoms with Gasteiger partial charge >= 0.3 is 0 Å². The molecule has 1 heterocycles. The second kappa shape index (κ2) is 10.0. The number of ether oxygens (including phenoxy) is 2. The number of hydrogen-bond acceptors (Lipinski definition) is 5. The smallest absolute Gasteiger partial charge is 0.262 e. The standard InChI is InChI=1S/C27H24ClNO5/c1-4-32-22-12-8-7-11-21(22)29-24(30)15-33-27-25(31)19-13-16(2)17(3)14-23(19)34-26(27)18-9-5-6-10-20(18)28/h5-14H,4,15H2,1-3H3,(H,29,30). The molecule has 4 rings (SSSR count). The van der Waals surface area contributed by atoms with Crippen molar-refractivity contribution in [2.45, 2.75) is 20.8 Å². The molecule has 0 aliphatic heterocycles. The van der Waals surface area contributed by atoms with Crippen LogP contribution in [0.5, 0.6) is 11.5 Å². The molecule has 0 aliphatic carbocycles. The number of rotatable bonds is 7. The first-order valence-corrected chi connectivity index (χ1v) is 11.2. The molecule has 0 atom stereocenters. The van der Waals surface area contributed by atoms with Gasteiger partial charge in [-0.1, -0.05) is 35.9 Å². The van der Waals surface area contributed by atoms with E-state index in [9.17, 15) is 9.59 Å². The van der Waals surface area contributed by atoms with E-state index in [-0.39, 0.29) is 16.9 Å². The van der Waals surface area contributed by atoms with Gasteiger partial charge in [0.1, 0.15) is 11.3 Å². The highest BCUT2D eigenvalue weighted by Gasteiger charge is 2.21. The van der Waals surface area contributed by atoms with Gasteiger partial charge in [0.2, 0.25) is 11.2 Å². The molecule has 6 nitrogen and oxygen atoms in total. The molecular formula is C27H24ClNO5. The molecule has 1 amide bonds. The van der Waals surface area contributed by atoms with E-state index in [1.165, 1.54) is 0 Å². The van der Waals surface area contributed by atoms with Gasteiger partial charge in [-0.3, -0.25) is 9.59 Å². The average Bonchev–Trinajstić information content (AvgIpc) is 2.81. The molecular weight excluding hydrogens is 454 g/mol. The van der Waals surface area contributed by atoms with Crippen molar-refractivity contribution in [1.29, 1.82) is 0 Å². The quantitative estimate of drug-likeness (QED) is 0.345. The number of para-hydroxylation sites is 2. The molecule has 0 unspecified atom stereocenters. The third-order valence-electron chi connectivity index (χ3n) is 5.39. The van der Waals surface area contributed by atoms with Crippen LogP contribution in [-0.2, 0) is 4.79 Å². The van der Waals surface area contributed by atoms with E-state index in [0.29, 0.717) is 39.6 Å². The van der Waals surface area contributed by atoms with Gasteiger partial charge in [-0.05, 0) is 68.3 Å². The Balaban J connectivity index is 1.71. The van der Waals surface area contributed by atoms with Crippen LogP contribution in [0.15, 0.2) is 69.9 Å². The minimum Gasteiger partial charge on any atom is -0.492 e. The van der Waals surface area contributed by atoms with Crippen molar-refractivity contribution in [1.82, 2.24) is 0 Å². The maximum absolute atomic E-state index is 13.4. The largest absolute Gasteiger partial charge is 0.492 e. The second-order valence-corrected chi connectivity index (χ2v) is 8.18. The first-order valence-electron chi connectivity index (χ1n) is 10.9. The molecule has 1 N–H and O–H groups in total. The molecule has 0 radical (unpaired) electrons. The molecule has 34 heavy (non-hydrogen) atoms. The van der Waals surface area contributed by atoms with Crippen molar-refractivity contribution in [3.05, 3.63) is 87.0 Å². The van der Waals surface area contributed by atoms with Crippen LogP contribution < -0.4 is 20.2 Å². The number of carbonyl (C=O) groups is 1. The molecule has 0 aliphatic rings. The average molecular weight is 478 g/mol. The van der Waals surface area contributed by atoms with E-state index < -0.39 is 12.5 Å². The van der Waals surface area contributed by atoms with Crippen molar-refractivity contribution in [2.75, 3.05) is 18.5 Å². The third-order valence-corrected chi connectivity index (χ3v) is 5.72. The normalized spacial score (nSPS) is 10.8. The Morgan fingerprint density at radius 2 is 1.71 bits per heavy atom. The fourth-order valence-electron chi connectivity index (χ4n) is 3.56. The van der Waals surface area contributed by atoms with Crippen LogP contribution in [0.1, 0.15) is 18.1 Å². The molecule has 4 aromatic rings. The zero-order valence-electron chi connectivity index (χ0n) is 19.1. The minimum atomic E-state index is -0.447. The maximum Gasteiger partial charge on any atom is 0.262 e. The Labute approximate surface area is 202 Å². The fraction of sp³-hybridized carbons (Fsp3) is 0.185. The Hall–Kier alpha value is -3.77. The number of amides is 1. The second-order valence-electron chi connectivity index (χ2n) is 7.77. The number of halogens is 1. The summed E-state index contributed by atoms with van der Waals surface area (Å²) in [5, 5.41) is 3.53. The van der Waals surface area contributed by atoms with Crippen LogP contribution in [-0.4, -0.2) is 19.1 Å². The van der Waals surface area contributed by atoms with Gasteiger partial charge in [0.05, 0.1) is 22.7 Å². The van der Waals surface area contributed by atoms with Crippen molar-refractivity contribution in [2.24, 2.45) is 0 Å². The maximum atomic E-state index is 13.4. The first-order chi connectivity index (χ1) is 16.4. The molecule has 0 fully saturated rings. The van der Waals surface area contributed by atoms with Crippen molar-refractivity contribution >= 4 is 34.2 Å². The number of anilines is 1. The highest BCUT2D eigenvalue weighted by Crippen LogP contribution is 2.35. The van der Waals surface area contributed by atoms with Crippen LogP contribution in [0.2, 0.25) is 5.02 Å². The predicted octanol–water partition coefficient (Wildman–Crippen LogP) is 6.15. The summed E-state index contributed by atoms with van der Waals surface area (Å²) < 4.78 is 17.4. The highest BCUT2D eigenvalue weighted by atomic mass is 35.5. The predicted molar refractivity (Wildman–Crippen MR) is 134 cm³/mol. The van der Waals surface area contributed by atoms with Gasteiger partial charge in [-0.2, -0.15) is 0 Å². The number of hydrogen-bond donors (Lipinski definition) is 1. The molecule has 0 spiro atoms. The Morgan fingerprint density at radius 1 is 1.00 bits per heavy atom.